The van der Waals surface area contributed by atoms with Crippen LogP contribution in [0, 0.1) is 35.5 Å². The number of benzene rings is 2. The summed E-state index contributed by atoms with van der Waals surface area (Å²) in [5.41, 5.74) is 1.92. The summed E-state index contributed by atoms with van der Waals surface area (Å²) in [6.07, 6.45) is 5.78. The molecular formula is C27H26N2O3. The van der Waals surface area contributed by atoms with Crippen LogP contribution in [0.2, 0.25) is 0 Å². The van der Waals surface area contributed by atoms with Crippen molar-refractivity contribution in [1.29, 1.82) is 0 Å². The van der Waals surface area contributed by atoms with Crippen molar-refractivity contribution >= 4 is 17.7 Å². The highest BCUT2D eigenvalue weighted by molar-refractivity contribution is 6.09. The van der Waals surface area contributed by atoms with Crippen LogP contribution in [0.4, 0.5) is 0 Å². The third-order valence-corrected chi connectivity index (χ3v) is 7.89. The van der Waals surface area contributed by atoms with Gasteiger partial charge < -0.3 is 5.32 Å². The van der Waals surface area contributed by atoms with Crippen LogP contribution in [0.25, 0.3) is 0 Å². The number of allylic oxidation sites excluding steroid dienone is 2. The summed E-state index contributed by atoms with van der Waals surface area (Å²) in [5.74, 6) is 0.236. The molecule has 7 atom stereocenters. The van der Waals surface area contributed by atoms with E-state index in [4.69, 9.17) is 0 Å². The lowest BCUT2D eigenvalue weighted by Gasteiger charge is -2.37. The average molecular weight is 427 g/mol. The smallest absolute Gasteiger partial charge is 0.243 e. The molecule has 0 aromatic heterocycles. The molecule has 5 nitrogen and oxygen atoms in total. The molecule has 0 spiro atoms. The Labute approximate surface area is 187 Å². The molecule has 1 N–H and O–H groups in total. The summed E-state index contributed by atoms with van der Waals surface area (Å²) < 4.78 is 0. The fraction of sp³-hybridized carbons (Fsp3) is 0.370. The number of likely N-dealkylation sites (tertiary alicyclic amines) is 1. The summed E-state index contributed by atoms with van der Waals surface area (Å²) in [5, 5.41) is 2.97. The summed E-state index contributed by atoms with van der Waals surface area (Å²) in [6, 6.07) is 18.5. The number of imide groups is 1. The molecule has 1 saturated heterocycles. The van der Waals surface area contributed by atoms with Crippen LogP contribution in [-0.2, 0) is 27.3 Å². The maximum absolute atomic E-state index is 13.6. The van der Waals surface area contributed by atoms with Gasteiger partial charge in [0.15, 0.2) is 0 Å². The van der Waals surface area contributed by atoms with E-state index in [9.17, 15) is 14.4 Å². The molecular weight excluding hydrogens is 400 g/mol. The quantitative estimate of drug-likeness (QED) is 0.571. The topological polar surface area (TPSA) is 66.5 Å². The van der Waals surface area contributed by atoms with E-state index in [-0.39, 0.29) is 41.4 Å². The van der Waals surface area contributed by atoms with Gasteiger partial charge in [0.2, 0.25) is 17.7 Å². The van der Waals surface area contributed by atoms with E-state index in [1.54, 1.807) is 0 Å². The molecule has 3 fully saturated rings. The van der Waals surface area contributed by atoms with Gasteiger partial charge in [-0.1, -0.05) is 72.8 Å². The lowest BCUT2D eigenvalue weighted by molar-refractivity contribution is -0.148. The van der Waals surface area contributed by atoms with Crippen LogP contribution in [0.1, 0.15) is 17.5 Å². The summed E-state index contributed by atoms with van der Waals surface area (Å²) in [7, 11) is 0. The number of carbonyl (C=O) groups excluding carboxylic acids is 3. The molecule has 0 unspecified atom stereocenters. The second-order valence-electron chi connectivity index (χ2n) is 9.61. The van der Waals surface area contributed by atoms with E-state index in [1.165, 1.54) is 4.90 Å². The van der Waals surface area contributed by atoms with Crippen molar-refractivity contribution in [3.05, 3.63) is 83.9 Å². The van der Waals surface area contributed by atoms with Crippen LogP contribution < -0.4 is 5.32 Å². The molecule has 7 rings (SSSR count). The maximum Gasteiger partial charge on any atom is 0.243 e. The minimum Gasteiger partial charge on any atom is -0.350 e. The largest absolute Gasteiger partial charge is 0.350 e. The molecule has 5 aliphatic rings. The van der Waals surface area contributed by atoms with Crippen molar-refractivity contribution in [2.75, 3.05) is 0 Å². The molecule has 2 bridgehead atoms. The van der Waals surface area contributed by atoms with Gasteiger partial charge in [0.1, 0.15) is 6.04 Å². The lowest BCUT2D eigenvalue weighted by Crippen LogP contribution is -2.51. The molecule has 4 aliphatic carbocycles. The molecule has 5 heteroatoms. The first-order chi connectivity index (χ1) is 15.6. The number of rotatable bonds is 6. The zero-order chi connectivity index (χ0) is 21.8. The molecule has 2 aromatic carbocycles. The van der Waals surface area contributed by atoms with Gasteiger partial charge in [0, 0.05) is 13.0 Å². The highest BCUT2D eigenvalue weighted by Crippen LogP contribution is 2.65. The molecule has 1 heterocycles. The van der Waals surface area contributed by atoms with Gasteiger partial charge in [0.05, 0.1) is 11.8 Å². The number of hydrogen-bond donors (Lipinski definition) is 1. The summed E-state index contributed by atoms with van der Waals surface area (Å²) >= 11 is 0. The normalized spacial score (nSPS) is 32.4. The molecule has 2 aromatic rings. The number of hydrogen-bond acceptors (Lipinski definition) is 3. The van der Waals surface area contributed by atoms with Crippen molar-refractivity contribution in [2.24, 2.45) is 35.5 Å². The van der Waals surface area contributed by atoms with Gasteiger partial charge in [-0.15, -0.1) is 0 Å². The van der Waals surface area contributed by atoms with Gasteiger partial charge in [-0.2, -0.15) is 0 Å². The highest BCUT2D eigenvalue weighted by atomic mass is 16.2. The Hall–Kier alpha value is -3.21. The Morgan fingerprint density at radius 1 is 0.844 bits per heavy atom. The number of carbonyl (C=O) groups is 3. The predicted molar refractivity (Wildman–Crippen MR) is 119 cm³/mol. The van der Waals surface area contributed by atoms with Crippen molar-refractivity contribution in [3.63, 3.8) is 0 Å². The minimum absolute atomic E-state index is 0.152. The van der Waals surface area contributed by atoms with E-state index in [1.807, 2.05) is 60.7 Å². The Kier molecular flexibility index (Phi) is 4.53. The van der Waals surface area contributed by atoms with Crippen LogP contribution in [0.3, 0.4) is 0 Å². The molecule has 0 radical (unpaired) electrons. The average Bonchev–Trinajstić information content (AvgIpc) is 3.61. The highest BCUT2D eigenvalue weighted by Gasteiger charge is 2.67. The molecule has 3 amide bonds. The SMILES string of the molecule is O=C(NCc1ccccc1)[C@@H](Cc1ccccc1)N1C(=O)[C@@H]2[C@@H]3C=C[C@H]([C@H]4C[C@@H]34)[C@@H]2C1=O. The third-order valence-electron chi connectivity index (χ3n) is 7.89. The van der Waals surface area contributed by atoms with Gasteiger partial charge in [-0.3, -0.25) is 19.3 Å². The first-order valence-electron chi connectivity index (χ1n) is 11.5. The molecule has 1 aliphatic heterocycles. The van der Waals surface area contributed by atoms with Crippen molar-refractivity contribution < 1.29 is 14.4 Å². The predicted octanol–water partition coefficient (Wildman–Crippen LogP) is 2.97. The van der Waals surface area contributed by atoms with Crippen molar-refractivity contribution in [2.45, 2.75) is 25.4 Å². The first-order valence-corrected chi connectivity index (χ1v) is 11.5. The zero-order valence-electron chi connectivity index (χ0n) is 17.8. The van der Waals surface area contributed by atoms with Crippen LogP contribution in [-0.4, -0.2) is 28.7 Å². The van der Waals surface area contributed by atoms with Gasteiger partial charge in [-0.05, 0) is 41.2 Å². The second kappa shape index (κ2) is 7.44. The fourth-order valence-electron chi connectivity index (χ4n) is 6.33. The fourth-order valence-corrected chi connectivity index (χ4v) is 6.33. The van der Waals surface area contributed by atoms with Gasteiger partial charge >= 0.3 is 0 Å². The van der Waals surface area contributed by atoms with E-state index in [0.717, 1.165) is 17.5 Å². The Morgan fingerprint density at radius 3 is 1.94 bits per heavy atom. The summed E-state index contributed by atoms with van der Waals surface area (Å²) in [4.78, 5) is 41.9. The van der Waals surface area contributed by atoms with E-state index in [0.29, 0.717) is 24.8 Å². The maximum atomic E-state index is 13.6. The molecule has 162 valence electrons. The Bertz CT molecular complexity index is 1060. The second-order valence-corrected chi connectivity index (χ2v) is 9.61. The molecule has 2 saturated carbocycles. The van der Waals surface area contributed by atoms with Crippen LogP contribution >= 0.6 is 0 Å². The van der Waals surface area contributed by atoms with Gasteiger partial charge in [-0.25, -0.2) is 0 Å². The van der Waals surface area contributed by atoms with Crippen LogP contribution in [0.5, 0.6) is 0 Å². The number of nitrogens with one attached hydrogen (secondary N) is 1. The standard InChI is InChI=1S/C27H26N2O3/c30-25(28-15-17-9-5-2-6-10-17)22(13-16-7-3-1-4-8-16)29-26(31)23-18-11-12-19(21-14-20(18)21)24(23)27(29)32/h1-12,18-24H,13-15H2,(H,28,30)/t18-,19-,20-,21+,22-,23+,24-/m1/s1. The van der Waals surface area contributed by atoms with Crippen molar-refractivity contribution in [1.82, 2.24) is 10.2 Å². The lowest BCUT2D eigenvalue weighted by atomic mass is 9.63. The van der Waals surface area contributed by atoms with Crippen molar-refractivity contribution in [3.8, 4) is 0 Å². The number of amides is 3. The van der Waals surface area contributed by atoms with E-state index in [2.05, 4.69) is 17.5 Å². The Balaban J connectivity index is 1.29. The minimum atomic E-state index is -0.831. The zero-order valence-corrected chi connectivity index (χ0v) is 17.8. The first kappa shape index (κ1) is 19.5. The van der Waals surface area contributed by atoms with Crippen LogP contribution in [0.15, 0.2) is 72.8 Å². The number of nitrogens with zero attached hydrogens (tertiary/aromatic N) is 1. The van der Waals surface area contributed by atoms with E-state index >= 15 is 0 Å². The third kappa shape index (κ3) is 3.02. The summed E-state index contributed by atoms with van der Waals surface area (Å²) in [6.45, 7) is 0.366. The van der Waals surface area contributed by atoms with Gasteiger partial charge in [0.25, 0.3) is 0 Å². The van der Waals surface area contributed by atoms with E-state index < -0.39 is 6.04 Å². The molecule has 32 heavy (non-hydrogen) atoms. The Morgan fingerprint density at radius 2 is 1.38 bits per heavy atom. The monoisotopic (exact) mass is 426 g/mol.